The second kappa shape index (κ2) is 8.15. The van der Waals surface area contributed by atoms with Crippen molar-refractivity contribution in [2.45, 2.75) is 32.5 Å². The van der Waals surface area contributed by atoms with Crippen molar-refractivity contribution in [1.29, 1.82) is 0 Å². The maximum absolute atomic E-state index is 13.8. The number of anilines is 1. The molecule has 0 amide bonds. The van der Waals surface area contributed by atoms with Gasteiger partial charge < -0.3 is 14.4 Å². The van der Waals surface area contributed by atoms with Gasteiger partial charge in [0.2, 0.25) is 0 Å². The van der Waals surface area contributed by atoms with Crippen molar-refractivity contribution < 1.29 is 22.6 Å². The normalized spacial score (nSPS) is 20.0. The fourth-order valence-corrected chi connectivity index (χ4v) is 3.75. The third-order valence-electron chi connectivity index (χ3n) is 5.01. The molecule has 0 spiro atoms. The quantitative estimate of drug-likeness (QED) is 0.808. The largest absolute Gasteiger partial charge is 0.416 e. The first kappa shape index (κ1) is 19.5. The number of halogens is 3. The second-order valence-corrected chi connectivity index (χ2v) is 7.21. The molecule has 0 unspecified atom stereocenters. The van der Waals surface area contributed by atoms with Crippen LogP contribution in [0.4, 0.5) is 18.9 Å². The van der Waals surface area contributed by atoms with Gasteiger partial charge in [0, 0.05) is 38.4 Å². The zero-order valence-corrected chi connectivity index (χ0v) is 15.4. The van der Waals surface area contributed by atoms with E-state index in [1.165, 1.54) is 6.07 Å². The molecular weight excluding hydrogens is 345 g/mol. The predicted octanol–water partition coefficient (Wildman–Crippen LogP) is 3.50. The van der Waals surface area contributed by atoms with Crippen LogP contribution < -0.4 is 4.90 Å². The summed E-state index contributed by atoms with van der Waals surface area (Å²) < 4.78 is 52.2. The van der Waals surface area contributed by atoms with Crippen LogP contribution in [-0.2, 0) is 22.2 Å². The van der Waals surface area contributed by atoms with E-state index in [0.717, 1.165) is 18.7 Å². The van der Waals surface area contributed by atoms with Gasteiger partial charge in [0.25, 0.3) is 0 Å². The molecule has 2 aliphatic heterocycles. The van der Waals surface area contributed by atoms with Crippen LogP contribution in [0.2, 0.25) is 0 Å². The molecule has 2 heterocycles. The molecular formula is C19H27F3N2O2. The van der Waals surface area contributed by atoms with Crippen molar-refractivity contribution in [3.05, 3.63) is 28.8 Å². The maximum atomic E-state index is 13.8. The third-order valence-corrected chi connectivity index (χ3v) is 5.01. The summed E-state index contributed by atoms with van der Waals surface area (Å²) in [7, 11) is 0. The van der Waals surface area contributed by atoms with Crippen molar-refractivity contribution in [2.75, 3.05) is 57.5 Å². The predicted molar refractivity (Wildman–Crippen MR) is 94.7 cm³/mol. The standard InChI is InChI=1S/C19H27F3N2O2/c1-14(2)18-15(13-23-3-7-25-8-4-23)11-16(12-17(18)19(20,21)22)24-5-9-26-10-6-24/h11-12,14H,3-10,13H2,1-2H3. The van der Waals surface area contributed by atoms with E-state index in [-0.39, 0.29) is 5.92 Å². The van der Waals surface area contributed by atoms with Gasteiger partial charge >= 0.3 is 6.18 Å². The third kappa shape index (κ3) is 4.50. The summed E-state index contributed by atoms with van der Waals surface area (Å²) in [4.78, 5) is 4.17. The first-order chi connectivity index (χ1) is 12.4. The van der Waals surface area contributed by atoms with E-state index in [1.54, 1.807) is 0 Å². The molecule has 0 aromatic heterocycles. The molecule has 1 aromatic carbocycles. The molecule has 0 N–H and O–H groups in total. The summed E-state index contributed by atoms with van der Waals surface area (Å²) >= 11 is 0. The van der Waals surface area contributed by atoms with E-state index < -0.39 is 11.7 Å². The lowest BCUT2D eigenvalue weighted by atomic mass is 9.90. The smallest absolute Gasteiger partial charge is 0.379 e. The highest BCUT2D eigenvalue weighted by Gasteiger charge is 2.36. The van der Waals surface area contributed by atoms with Crippen molar-refractivity contribution in [2.24, 2.45) is 0 Å². The maximum Gasteiger partial charge on any atom is 0.416 e. The Kier molecular flexibility index (Phi) is 6.10. The van der Waals surface area contributed by atoms with Crippen molar-refractivity contribution in [3.63, 3.8) is 0 Å². The molecule has 0 bridgehead atoms. The molecule has 7 heteroatoms. The molecule has 0 radical (unpaired) electrons. The molecule has 26 heavy (non-hydrogen) atoms. The number of alkyl halides is 3. The Balaban J connectivity index is 2.02. The van der Waals surface area contributed by atoms with Crippen LogP contribution in [0.5, 0.6) is 0 Å². The van der Waals surface area contributed by atoms with Crippen LogP contribution >= 0.6 is 0 Å². The van der Waals surface area contributed by atoms with Gasteiger partial charge in [-0.25, -0.2) is 0 Å². The zero-order valence-electron chi connectivity index (χ0n) is 15.4. The second-order valence-electron chi connectivity index (χ2n) is 7.21. The number of morpholine rings is 2. The average molecular weight is 372 g/mol. The SMILES string of the molecule is CC(C)c1c(CN2CCOCC2)cc(N2CCOCC2)cc1C(F)(F)F. The van der Waals surface area contributed by atoms with Gasteiger partial charge in [0.05, 0.1) is 32.0 Å². The van der Waals surface area contributed by atoms with Crippen molar-refractivity contribution in [1.82, 2.24) is 4.90 Å². The number of benzene rings is 1. The lowest BCUT2D eigenvalue weighted by Crippen LogP contribution is -2.37. The van der Waals surface area contributed by atoms with E-state index in [2.05, 4.69) is 4.90 Å². The van der Waals surface area contributed by atoms with Crippen molar-refractivity contribution >= 4 is 5.69 Å². The topological polar surface area (TPSA) is 24.9 Å². The Morgan fingerprint density at radius 1 is 0.962 bits per heavy atom. The van der Waals surface area contributed by atoms with Gasteiger partial charge in [-0.2, -0.15) is 13.2 Å². The van der Waals surface area contributed by atoms with E-state index >= 15 is 0 Å². The first-order valence-electron chi connectivity index (χ1n) is 9.23. The van der Waals surface area contributed by atoms with Crippen LogP contribution in [0.25, 0.3) is 0 Å². The Morgan fingerprint density at radius 2 is 1.54 bits per heavy atom. The molecule has 3 rings (SSSR count). The molecule has 2 saturated heterocycles. The van der Waals surface area contributed by atoms with Crippen LogP contribution in [0.3, 0.4) is 0 Å². The fraction of sp³-hybridized carbons (Fsp3) is 0.684. The van der Waals surface area contributed by atoms with E-state index in [1.807, 2.05) is 24.8 Å². The summed E-state index contributed by atoms with van der Waals surface area (Å²) in [5.74, 6) is -0.193. The monoisotopic (exact) mass is 372 g/mol. The lowest BCUT2D eigenvalue weighted by Gasteiger charge is -2.33. The summed E-state index contributed by atoms with van der Waals surface area (Å²) in [5, 5.41) is 0. The number of hydrogen-bond acceptors (Lipinski definition) is 4. The minimum atomic E-state index is -4.36. The first-order valence-corrected chi connectivity index (χ1v) is 9.23. The summed E-state index contributed by atoms with van der Waals surface area (Å²) in [6.07, 6.45) is -4.36. The minimum absolute atomic E-state index is 0.193. The summed E-state index contributed by atoms with van der Waals surface area (Å²) in [6.45, 7) is 9.30. The molecule has 1 aromatic rings. The molecule has 146 valence electrons. The Hall–Kier alpha value is -1.31. The van der Waals surface area contributed by atoms with Gasteiger partial charge in [0.1, 0.15) is 0 Å². The van der Waals surface area contributed by atoms with Crippen molar-refractivity contribution in [3.8, 4) is 0 Å². The van der Waals surface area contributed by atoms with Gasteiger partial charge in [-0.15, -0.1) is 0 Å². The summed E-state index contributed by atoms with van der Waals surface area (Å²) in [5.41, 5.74) is 1.34. The Bertz CT molecular complexity index is 608. The van der Waals surface area contributed by atoms with E-state index in [9.17, 15) is 13.2 Å². The van der Waals surface area contributed by atoms with Gasteiger partial charge in [-0.1, -0.05) is 13.8 Å². The zero-order chi connectivity index (χ0) is 18.7. The minimum Gasteiger partial charge on any atom is -0.379 e. The molecule has 4 nitrogen and oxygen atoms in total. The van der Waals surface area contributed by atoms with E-state index in [0.29, 0.717) is 57.3 Å². The number of hydrogen-bond donors (Lipinski definition) is 0. The van der Waals surface area contributed by atoms with Crippen LogP contribution in [0, 0.1) is 0 Å². The Labute approximate surface area is 152 Å². The highest BCUT2D eigenvalue weighted by molar-refractivity contribution is 5.56. The highest BCUT2D eigenvalue weighted by atomic mass is 19.4. The molecule has 0 saturated carbocycles. The molecule has 0 atom stereocenters. The van der Waals surface area contributed by atoms with Crippen LogP contribution in [0.1, 0.15) is 36.5 Å². The number of nitrogens with zero attached hydrogens (tertiary/aromatic N) is 2. The highest BCUT2D eigenvalue weighted by Crippen LogP contribution is 2.40. The fourth-order valence-electron chi connectivity index (χ4n) is 3.75. The van der Waals surface area contributed by atoms with Crippen LogP contribution in [0.15, 0.2) is 12.1 Å². The van der Waals surface area contributed by atoms with Crippen LogP contribution in [-0.4, -0.2) is 57.5 Å². The average Bonchev–Trinajstić information content (AvgIpc) is 2.61. The number of ether oxygens (including phenoxy) is 2. The lowest BCUT2D eigenvalue weighted by molar-refractivity contribution is -0.138. The summed E-state index contributed by atoms with van der Waals surface area (Å²) in [6, 6.07) is 3.27. The molecule has 2 fully saturated rings. The molecule has 0 aliphatic carbocycles. The number of rotatable bonds is 4. The Morgan fingerprint density at radius 3 is 2.08 bits per heavy atom. The van der Waals surface area contributed by atoms with Gasteiger partial charge in [0.15, 0.2) is 0 Å². The van der Waals surface area contributed by atoms with Gasteiger partial charge in [-0.05, 0) is 29.2 Å². The molecule has 2 aliphatic rings. The van der Waals surface area contributed by atoms with Gasteiger partial charge in [-0.3, -0.25) is 4.90 Å². The van der Waals surface area contributed by atoms with E-state index in [4.69, 9.17) is 9.47 Å².